The standard InChI is InChI=1S/C14H28N4O.HI/c1-5-13(19)18-9-7-12(10-18)17-14(15-4)16-8-6-11(2)3;/h11-12H,5-10H2,1-4H3,(H2,15,16,17);1H. The molecule has 6 heteroatoms. The number of carbonyl (C=O) groups excluding carboxylic acids is 1. The Labute approximate surface area is 140 Å². The van der Waals surface area contributed by atoms with E-state index >= 15 is 0 Å². The molecule has 2 N–H and O–H groups in total. The molecule has 0 spiro atoms. The van der Waals surface area contributed by atoms with Gasteiger partial charge < -0.3 is 15.5 Å². The van der Waals surface area contributed by atoms with Crippen molar-refractivity contribution >= 4 is 35.8 Å². The maximum absolute atomic E-state index is 11.6. The summed E-state index contributed by atoms with van der Waals surface area (Å²) in [6, 6.07) is 0.320. The fraction of sp³-hybridized carbons (Fsp3) is 0.857. The molecule has 0 aliphatic carbocycles. The third-order valence-electron chi connectivity index (χ3n) is 3.42. The highest BCUT2D eigenvalue weighted by molar-refractivity contribution is 14.0. The van der Waals surface area contributed by atoms with Gasteiger partial charge in [0.25, 0.3) is 0 Å². The number of guanidine groups is 1. The van der Waals surface area contributed by atoms with Crippen LogP contribution in [0.25, 0.3) is 0 Å². The fourth-order valence-corrected chi connectivity index (χ4v) is 2.20. The number of nitrogens with zero attached hydrogens (tertiary/aromatic N) is 2. The summed E-state index contributed by atoms with van der Waals surface area (Å²) in [5.41, 5.74) is 0. The minimum atomic E-state index is 0. The summed E-state index contributed by atoms with van der Waals surface area (Å²) in [7, 11) is 1.79. The van der Waals surface area contributed by atoms with Gasteiger partial charge in [-0.25, -0.2) is 0 Å². The molecule has 1 aliphatic heterocycles. The highest BCUT2D eigenvalue weighted by Gasteiger charge is 2.25. The molecule has 0 aromatic heterocycles. The monoisotopic (exact) mass is 396 g/mol. The van der Waals surface area contributed by atoms with Gasteiger partial charge in [-0.3, -0.25) is 9.79 Å². The normalized spacial score (nSPS) is 18.9. The van der Waals surface area contributed by atoms with E-state index < -0.39 is 0 Å². The number of likely N-dealkylation sites (tertiary alicyclic amines) is 1. The van der Waals surface area contributed by atoms with E-state index in [1.807, 2.05) is 11.8 Å². The van der Waals surface area contributed by atoms with Crippen LogP contribution in [0.1, 0.15) is 40.0 Å². The van der Waals surface area contributed by atoms with Crippen molar-refractivity contribution in [3.63, 3.8) is 0 Å². The largest absolute Gasteiger partial charge is 0.356 e. The average Bonchev–Trinajstić information content (AvgIpc) is 2.84. The highest BCUT2D eigenvalue weighted by Crippen LogP contribution is 2.10. The van der Waals surface area contributed by atoms with E-state index in [1.54, 1.807) is 7.05 Å². The Morgan fingerprint density at radius 3 is 2.70 bits per heavy atom. The van der Waals surface area contributed by atoms with Crippen LogP contribution in [0.15, 0.2) is 4.99 Å². The quantitative estimate of drug-likeness (QED) is 0.424. The Morgan fingerprint density at radius 2 is 2.15 bits per heavy atom. The SMILES string of the molecule is CCC(=O)N1CCC(NC(=NC)NCCC(C)C)C1.I. The lowest BCUT2D eigenvalue weighted by molar-refractivity contribution is -0.129. The molecule has 1 atom stereocenters. The van der Waals surface area contributed by atoms with Crippen LogP contribution in [-0.4, -0.2) is 49.5 Å². The Hall–Kier alpha value is -0.530. The smallest absolute Gasteiger partial charge is 0.222 e. The van der Waals surface area contributed by atoms with Crippen LogP contribution in [0, 0.1) is 5.92 Å². The van der Waals surface area contributed by atoms with Gasteiger partial charge in [0.15, 0.2) is 5.96 Å². The fourth-order valence-electron chi connectivity index (χ4n) is 2.20. The highest BCUT2D eigenvalue weighted by atomic mass is 127. The van der Waals surface area contributed by atoms with Crippen LogP contribution in [0.4, 0.5) is 0 Å². The first kappa shape index (κ1) is 19.5. The molecule has 118 valence electrons. The van der Waals surface area contributed by atoms with E-state index in [0.29, 0.717) is 18.4 Å². The first-order valence-corrected chi connectivity index (χ1v) is 7.31. The summed E-state index contributed by atoms with van der Waals surface area (Å²) >= 11 is 0. The maximum Gasteiger partial charge on any atom is 0.222 e. The van der Waals surface area contributed by atoms with Crippen molar-refractivity contribution < 1.29 is 4.79 Å². The van der Waals surface area contributed by atoms with E-state index in [0.717, 1.165) is 38.4 Å². The molecule has 5 nitrogen and oxygen atoms in total. The molecule has 0 radical (unpaired) electrons. The van der Waals surface area contributed by atoms with Gasteiger partial charge in [-0.15, -0.1) is 24.0 Å². The van der Waals surface area contributed by atoms with E-state index in [9.17, 15) is 4.79 Å². The lowest BCUT2D eigenvalue weighted by Gasteiger charge is -2.19. The Bertz CT molecular complexity index is 320. The van der Waals surface area contributed by atoms with E-state index in [1.165, 1.54) is 0 Å². The third kappa shape index (κ3) is 6.76. The topological polar surface area (TPSA) is 56.7 Å². The molecule has 1 heterocycles. The molecule has 20 heavy (non-hydrogen) atoms. The molecule has 1 saturated heterocycles. The van der Waals surface area contributed by atoms with Crippen molar-refractivity contribution in [2.24, 2.45) is 10.9 Å². The Morgan fingerprint density at radius 1 is 1.45 bits per heavy atom. The van der Waals surface area contributed by atoms with Crippen LogP contribution in [-0.2, 0) is 4.79 Å². The molecule has 0 aromatic rings. The number of halogens is 1. The summed E-state index contributed by atoms with van der Waals surface area (Å²) in [6.07, 6.45) is 2.72. The van der Waals surface area contributed by atoms with E-state index in [-0.39, 0.29) is 29.9 Å². The van der Waals surface area contributed by atoms with Crippen molar-refractivity contribution in [2.75, 3.05) is 26.7 Å². The van der Waals surface area contributed by atoms with Crippen molar-refractivity contribution in [3.8, 4) is 0 Å². The lowest BCUT2D eigenvalue weighted by atomic mass is 10.1. The summed E-state index contributed by atoms with van der Waals surface area (Å²) < 4.78 is 0. The minimum absolute atomic E-state index is 0. The number of carbonyl (C=O) groups is 1. The van der Waals surface area contributed by atoms with E-state index in [4.69, 9.17) is 0 Å². The first-order valence-electron chi connectivity index (χ1n) is 7.31. The number of rotatable bonds is 5. The summed E-state index contributed by atoms with van der Waals surface area (Å²) in [4.78, 5) is 17.8. The summed E-state index contributed by atoms with van der Waals surface area (Å²) in [5, 5.41) is 6.71. The van der Waals surface area contributed by atoms with Gasteiger partial charge in [-0.05, 0) is 18.8 Å². The first-order chi connectivity index (χ1) is 9.06. The molecule has 0 aromatic carbocycles. The van der Waals surface area contributed by atoms with Gasteiger partial charge in [0.1, 0.15) is 0 Å². The van der Waals surface area contributed by atoms with Crippen molar-refractivity contribution in [1.29, 1.82) is 0 Å². The molecule has 0 saturated carbocycles. The average molecular weight is 396 g/mol. The van der Waals surface area contributed by atoms with Crippen LogP contribution in [0.2, 0.25) is 0 Å². The predicted molar refractivity (Wildman–Crippen MR) is 94.6 cm³/mol. The molecule has 1 fully saturated rings. The Balaban J connectivity index is 0.00000361. The second kappa shape index (κ2) is 10.2. The maximum atomic E-state index is 11.6. The molecule has 1 amide bonds. The molecule has 0 bridgehead atoms. The Kier molecular flexibility index (Phi) is 9.96. The zero-order valence-corrected chi connectivity index (χ0v) is 15.4. The van der Waals surface area contributed by atoms with Gasteiger partial charge in [-0.2, -0.15) is 0 Å². The molecule has 1 unspecified atom stereocenters. The second-order valence-electron chi connectivity index (χ2n) is 5.50. The lowest BCUT2D eigenvalue weighted by Crippen LogP contribution is -2.45. The van der Waals surface area contributed by atoms with Gasteiger partial charge in [0.2, 0.25) is 5.91 Å². The molecular weight excluding hydrogens is 367 g/mol. The minimum Gasteiger partial charge on any atom is -0.356 e. The van der Waals surface area contributed by atoms with Gasteiger partial charge in [-0.1, -0.05) is 20.8 Å². The van der Waals surface area contributed by atoms with Crippen molar-refractivity contribution in [3.05, 3.63) is 0 Å². The van der Waals surface area contributed by atoms with Crippen LogP contribution in [0.3, 0.4) is 0 Å². The van der Waals surface area contributed by atoms with Gasteiger partial charge in [0.05, 0.1) is 0 Å². The number of hydrogen-bond donors (Lipinski definition) is 2. The van der Waals surface area contributed by atoms with Crippen LogP contribution >= 0.6 is 24.0 Å². The van der Waals surface area contributed by atoms with Crippen molar-refractivity contribution in [2.45, 2.75) is 46.1 Å². The molecule has 1 rings (SSSR count). The zero-order valence-electron chi connectivity index (χ0n) is 13.1. The number of aliphatic imine (C=N–C) groups is 1. The zero-order chi connectivity index (χ0) is 14.3. The van der Waals surface area contributed by atoms with Crippen molar-refractivity contribution in [1.82, 2.24) is 15.5 Å². The van der Waals surface area contributed by atoms with Crippen LogP contribution in [0.5, 0.6) is 0 Å². The van der Waals surface area contributed by atoms with Gasteiger partial charge >= 0.3 is 0 Å². The van der Waals surface area contributed by atoms with Gasteiger partial charge in [0, 0.05) is 39.1 Å². The third-order valence-corrected chi connectivity index (χ3v) is 3.42. The predicted octanol–water partition coefficient (Wildman–Crippen LogP) is 1.83. The van der Waals surface area contributed by atoms with Crippen LogP contribution < -0.4 is 10.6 Å². The number of hydrogen-bond acceptors (Lipinski definition) is 2. The summed E-state index contributed by atoms with van der Waals surface area (Å²) in [5.74, 6) is 1.78. The summed E-state index contributed by atoms with van der Waals surface area (Å²) in [6.45, 7) is 8.91. The second-order valence-corrected chi connectivity index (χ2v) is 5.50. The number of amides is 1. The molecule has 1 aliphatic rings. The molecular formula is C14H29IN4O. The van der Waals surface area contributed by atoms with E-state index in [2.05, 4.69) is 29.5 Å². The number of nitrogens with one attached hydrogen (secondary N) is 2.